The molecule has 1 saturated heterocycles. The maximum Gasteiger partial charge on any atom is 0.187 e. The first-order chi connectivity index (χ1) is 18.3. The van der Waals surface area contributed by atoms with Crippen LogP contribution in [-0.4, -0.2) is 105 Å². The zero-order valence-electron chi connectivity index (χ0n) is 24.8. The Kier molecular flexibility index (Phi) is 10.5. The van der Waals surface area contributed by atoms with E-state index in [0.717, 1.165) is 33.4 Å². The van der Waals surface area contributed by atoms with Gasteiger partial charge in [-0.2, -0.15) is 0 Å². The van der Waals surface area contributed by atoms with Crippen LogP contribution in [0.25, 0.3) is 12.2 Å². The molecule has 3 N–H and O–H groups in total. The van der Waals surface area contributed by atoms with E-state index in [1.165, 1.54) is 0 Å². The van der Waals surface area contributed by atoms with E-state index in [9.17, 15) is 15.0 Å². The summed E-state index contributed by atoms with van der Waals surface area (Å²) >= 11 is 0. The van der Waals surface area contributed by atoms with Gasteiger partial charge in [0, 0.05) is 72.7 Å². The number of benzene rings is 2. The highest BCUT2D eigenvalue weighted by molar-refractivity contribution is 6.14. The van der Waals surface area contributed by atoms with Crippen LogP contribution in [0.1, 0.15) is 33.4 Å². The molecule has 8 heteroatoms. The molecule has 1 heterocycles. The van der Waals surface area contributed by atoms with Gasteiger partial charge >= 0.3 is 0 Å². The predicted molar refractivity (Wildman–Crippen MR) is 160 cm³/mol. The standard InChI is InChI=1S/C31H45N5O3/c1-33(2)17-25-11-21(12-26(30(25)38)18-34(3)4)9-23-15-32-16-24(29(23)37)10-22-13-27(19-35(5)6)31(39)28(14-22)20-36(7)8/h9-14,32,38-39H,15-20H2,1-8H3/b23-9+,24-10+. The second-order valence-electron chi connectivity index (χ2n) is 11.6. The van der Waals surface area contributed by atoms with Gasteiger partial charge < -0.3 is 35.1 Å². The number of ketones is 1. The van der Waals surface area contributed by atoms with E-state index < -0.39 is 0 Å². The average Bonchev–Trinajstić information content (AvgIpc) is 2.81. The van der Waals surface area contributed by atoms with E-state index >= 15 is 0 Å². The minimum absolute atomic E-state index is 0.0153. The van der Waals surface area contributed by atoms with Gasteiger partial charge in [-0.1, -0.05) is 0 Å². The Morgan fingerprint density at radius 2 is 0.897 bits per heavy atom. The van der Waals surface area contributed by atoms with Crippen LogP contribution in [0.4, 0.5) is 0 Å². The van der Waals surface area contributed by atoms with Gasteiger partial charge in [0.1, 0.15) is 11.5 Å². The smallest absolute Gasteiger partial charge is 0.187 e. The number of aromatic hydroxyl groups is 2. The molecule has 0 bridgehead atoms. The number of hydrogen-bond donors (Lipinski definition) is 3. The molecule has 3 rings (SSSR count). The molecule has 2 aromatic carbocycles. The van der Waals surface area contributed by atoms with Gasteiger partial charge in [-0.05, 0) is 104 Å². The fourth-order valence-electron chi connectivity index (χ4n) is 4.92. The van der Waals surface area contributed by atoms with Crippen LogP contribution in [-0.2, 0) is 31.0 Å². The predicted octanol–water partition coefficient (Wildman–Crippen LogP) is 2.98. The Hall–Kier alpha value is -3.01. The summed E-state index contributed by atoms with van der Waals surface area (Å²) in [5, 5.41) is 25.1. The third kappa shape index (κ3) is 8.49. The van der Waals surface area contributed by atoms with Crippen molar-refractivity contribution in [2.75, 3.05) is 69.5 Å². The van der Waals surface area contributed by atoms with Crippen LogP contribution in [0.2, 0.25) is 0 Å². The molecule has 1 aliphatic heterocycles. The first-order valence-electron chi connectivity index (χ1n) is 13.3. The molecule has 0 radical (unpaired) electrons. The average molecular weight is 536 g/mol. The minimum atomic E-state index is 0.0153. The summed E-state index contributed by atoms with van der Waals surface area (Å²) in [6.45, 7) is 3.38. The van der Waals surface area contributed by atoms with E-state index in [0.29, 0.717) is 61.9 Å². The number of piperidine rings is 1. The van der Waals surface area contributed by atoms with Gasteiger partial charge in [0.15, 0.2) is 5.78 Å². The van der Waals surface area contributed by atoms with Crippen molar-refractivity contribution in [1.82, 2.24) is 24.9 Å². The fraction of sp³-hybridized carbons (Fsp3) is 0.452. The summed E-state index contributed by atoms with van der Waals surface area (Å²) in [6, 6.07) is 7.86. The summed E-state index contributed by atoms with van der Waals surface area (Å²) in [4.78, 5) is 21.7. The first kappa shape index (κ1) is 30.5. The molecule has 0 aliphatic carbocycles. The number of carbonyl (C=O) groups excluding carboxylic acids is 1. The molecule has 212 valence electrons. The molecule has 0 aromatic heterocycles. The molecule has 39 heavy (non-hydrogen) atoms. The molecule has 0 saturated carbocycles. The van der Waals surface area contributed by atoms with Crippen molar-refractivity contribution in [3.63, 3.8) is 0 Å². The lowest BCUT2D eigenvalue weighted by atomic mass is 9.93. The highest BCUT2D eigenvalue weighted by Crippen LogP contribution is 2.30. The Labute approximate surface area is 233 Å². The summed E-state index contributed by atoms with van der Waals surface area (Å²) in [5.74, 6) is 0.631. The maximum absolute atomic E-state index is 13.6. The molecular weight excluding hydrogens is 490 g/mol. The van der Waals surface area contributed by atoms with Crippen LogP contribution in [0.5, 0.6) is 11.5 Å². The zero-order valence-corrected chi connectivity index (χ0v) is 24.8. The van der Waals surface area contributed by atoms with Crippen molar-refractivity contribution in [3.8, 4) is 11.5 Å². The van der Waals surface area contributed by atoms with Gasteiger partial charge in [-0.25, -0.2) is 0 Å². The van der Waals surface area contributed by atoms with E-state index in [1.807, 2.05) is 112 Å². The fourth-order valence-corrected chi connectivity index (χ4v) is 4.92. The lowest BCUT2D eigenvalue weighted by molar-refractivity contribution is -0.112. The lowest BCUT2D eigenvalue weighted by Crippen LogP contribution is -2.32. The molecule has 0 amide bonds. The second kappa shape index (κ2) is 13.4. The molecule has 0 spiro atoms. The Morgan fingerprint density at radius 1 is 0.615 bits per heavy atom. The minimum Gasteiger partial charge on any atom is -0.507 e. The normalized spacial score (nSPS) is 16.6. The summed E-state index contributed by atoms with van der Waals surface area (Å²) in [6.07, 6.45) is 3.87. The van der Waals surface area contributed by atoms with E-state index in [-0.39, 0.29) is 5.78 Å². The van der Waals surface area contributed by atoms with Crippen LogP contribution >= 0.6 is 0 Å². The molecule has 0 unspecified atom stereocenters. The number of hydrogen-bond acceptors (Lipinski definition) is 8. The third-order valence-electron chi connectivity index (χ3n) is 6.42. The lowest BCUT2D eigenvalue weighted by Gasteiger charge is -2.21. The van der Waals surface area contributed by atoms with Crippen LogP contribution in [0.3, 0.4) is 0 Å². The quantitative estimate of drug-likeness (QED) is 0.401. The second-order valence-corrected chi connectivity index (χ2v) is 11.6. The number of Topliss-reactive ketones (excluding diaryl/α,β-unsaturated/α-hetero) is 1. The Bertz CT molecular complexity index is 1090. The molecule has 1 fully saturated rings. The maximum atomic E-state index is 13.6. The first-order valence-corrected chi connectivity index (χ1v) is 13.3. The van der Waals surface area contributed by atoms with E-state index in [4.69, 9.17) is 0 Å². The van der Waals surface area contributed by atoms with E-state index in [2.05, 4.69) is 5.32 Å². The molecule has 0 atom stereocenters. The molecule has 1 aliphatic rings. The van der Waals surface area contributed by atoms with Gasteiger partial charge in [0.2, 0.25) is 0 Å². The number of carbonyl (C=O) groups is 1. The Morgan fingerprint density at radius 3 is 1.15 bits per heavy atom. The molecule has 8 nitrogen and oxygen atoms in total. The molecule has 2 aromatic rings. The zero-order chi connectivity index (χ0) is 28.9. The summed E-state index contributed by atoms with van der Waals surface area (Å²) in [7, 11) is 15.8. The van der Waals surface area contributed by atoms with E-state index in [1.54, 1.807) is 0 Å². The number of phenolic OH excluding ortho intramolecular Hbond substituents is 2. The van der Waals surface area contributed by atoms with Crippen LogP contribution < -0.4 is 5.32 Å². The Balaban J connectivity index is 2.00. The highest BCUT2D eigenvalue weighted by atomic mass is 16.3. The highest BCUT2D eigenvalue weighted by Gasteiger charge is 2.22. The van der Waals surface area contributed by atoms with Gasteiger partial charge in [-0.3, -0.25) is 4.79 Å². The number of nitrogens with zero attached hydrogens (tertiary/aromatic N) is 4. The number of nitrogens with one attached hydrogen (secondary N) is 1. The molecular formula is C31H45N5O3. The monoisotopic (exact) mass is 535 g/mol. The number of rotatable bonds is 10. The number of phenols is 2. The van der Waals surface area contributed by atoms with Crippen molar-refractivity contribution in [3.05, 3.63) is 68.8 Å². The van der Waals surface area contributed by atoms with Gasteiger partial charge in [-0.15, -0.1) is 0 Å². The van der Waals surface area contributed by atoms with Crippen LogP contribution in [0.15, 0.2) is 35.4 Å². The van der Waals surface area contributed by atoms with Crippen LogP contribution in [0, 0.1) is 0 Å². The largest absolute Gasteiger partial charge is 0.507 e. The van der Waals surface area contributed by atoms with Gasteiger partial charge in [0.25, 0.3) is 0 Å². The van der Waals surface area contributed by atoms with Gasteiger partial charge in [0.05, 0.1) is 0 Å². The third-order valence-corrected chi connectivity index (χ3v) is 6.42. The van der Waals surface area contributed by atoms with Crippen molar-refractivity contribution < 1.29 is 15.0 Å². The summed E-state index contributed by atoms with van der Waals surface area (Å²) in [5.41, 5.74) is 6.52. The van der Waals surface area contributed by atoms with Crippen molar-refractivity contribution >= 4 is 17.9 Å². The topological polar surface area (TPSA) is 82.5 Å². The SMILES string of the molecule is CN(C)Cc1cc(/C=C2\CNC/C(=C\c3cc(CN(C)C)c(O)c(CN(C)C)c3)C2=O)cc(CN(C)C)c1O. The van der Waals surface area contributed by atoms with Crippen molar-refractivity contribution in [2.24, 2.45) is 0 Å². The summed E-state index contributed by atoms with van der Waals surface area (Å²) < 4.78 is 0. The van der Waals surface area contributed by atoms with Crippen molar-refractivity contribution in [1.29, 1.82) is 0 Å². The van der Waals surface area contributed by atoms with Crippen molar-refractivity contribution in [2.45, 2.75) is 26.2 Å².